The van der Waals surface area contributed by atoms with E-state index in [9.17, 15) is 28.7 Å². The summed E-state index contributed by atoms with van der Waals surface area (Å²) in [6, 6.07) is 4.46. The summed E-state index contributed by atoms with van der Waals surface area (Å²) in [5.41, 5.74) is 1.50. The van der Waals surface area contributed by atoms with Crippen molar-refractivity contribution in [2.75, 3.05) is 13.7 Å². The second kappa shape index (κ2) is 11.8. The number of carbonyl (C=O) groups is 4. The normalized spacial score (nSPS) is 21.1. The van der Waals surface area contributed by atoms with Crippen molar-refractivity contribution in [2.45, 2.75) is 83.3 Å². The van der Waals surface area contributed by atoms with Crippen LogP contribution in [0.5, 0.6) is 0 Å². The van der Waals surface area contributed by atoms with Crippen LogP contribution in [-0.4, -0.2) is 76.2 Å². The first-order valence-corrected chi connectivity index (χ1v) is 14.5. The molecule has 2 aliphatic rings. The number of aliphatic hydroxyl groups excluding tert-OH is 1. The number of nitrogens with one attached hydrogen (secondary N) is 2. The highest BCUT2D eigenvalue weighted by molar-refractivity contribution is 7.13. The number of thiazole rings is 1. The van der Waals surface area contributed by atoms with Crippen molar-refractivity contribution < 1.29 is 33.4 Å². The summed E-state index contributed by atoms with van der Waals surface area (Å²) in [6.07, 6.45) is -0.941. The number of likely N-dealkylation sites (tertiary alicyclic amines) is 1. The fourth-order valence-corrected chi connectivity index (χ4v) is 5.75. The Balaban J connectivity index is 1.54. The Morgan fingerprint density at radius 3 is 2.39 bits per heavy atom. The third-order valence-electron chi connectivity index (χ3n) is 7.58. The highest BCUT2D eigenvalue weighted by Gasteiger charge is 2.53. The van der Waals surface area contributed by atoms with Gasteiger partial charge in [0.1, 0.15) is 12.1 Å². The number of halogens is 1. The maximum atomic E-state index is 14.4. The van der Waals surface area contributed by atoms with E-state index in [1.54, 1.807) is 26.3 Å². The third-order valence-corrected chi connectivity index (χ3v) is 8.56. The molecule has 0 radical (unpaired) electrons. The van der Waals surface area contributed by atoms with E-state index in [0.29, 0.717) is 5.56 Å². The fraction of sp³-hybridized carbons (Fsp3) is 0.552. The van der Waals surface area contributed by atoms with Crippen molar-refractivity contribution in [3.63, 3.8) is 0 Å². The van der Waals surface area contributed by atoms with Gasteiger partial charge in [-0.25, -0.2) is 9.37 Å². The second-order valence-corrected chi connectivity index (χ2v) is 12.7. The molecule has 1 saturated heterocycles. The number of benzene rings is 1. The molecule has 41 heavy (non-hydrogen) atoms. The molecule has 0 spiro atoms. The first-order valence-electron chi connectivity index (χ1n) is 13.6. The van der Waals surface area contributed by atoms with Crippen molar-refractivity contribution >= 4 is 35.0 Å². The van der Waals surface area contributed by atoms with Crippen LogP contribution in [0.3, 0.4) is 0 Å². The molecule has 1 aliphatic heterocycles. The number of carbonyl (C=O) groups excluding carboxylic acids is 4. The molecule has 12 heteroatoms. The summed E-state index contributed by atoms with van der Waals surface area (Å²) in [6.45, 7) is 7.00. The predicted octanol–water partition coefficient (Wildman–Crippen LogP) is 2.83. The minimum absolute atomic E-state index is 0.0238. The number of alkyl halides is 1. The first kappa shape index (κ1) is 30.6. The monoisotopic (exact) mass is 588 g/mol. The van der Waals surface area contributed by atoms with Gasteiger partial charge in [0.25, 0.3) is 5.91 Å². The van der Waals surface area contributed by atoms with Crippen LogP contribution in [0.4, 0.5) is 4.39 Å². The molecule has 3 N–H and O–H groups in total. The number of aryl methyl sites for hydroxylation is 1. The Labute approximate surface area is 242 Å². The van der Waals surface area contributed by atoms with Gasteiger partial charge in [0.2, 0.25) is 11.8 Å². The van der Waals surface area contributed by atoms with Crippen LogP contribution in [0.1, 0.15) is 63.8 Å². The number of nitrogens with zero attached hydrogens (tertiary/aromatic N) is 2. The highest BCUT2D eigenvalue weighted by atomic mass is 32.1. The molecule has 1 aromatic carbocycles. The minimum Gasteiger partial charge on any atom is -0.469 e. The van der Waals surface area contributed by atoms with Gasteiger partial charge in [0, 0.05) is 13.0 Å². The van der Waals surface area contributed by atoms with E-state index in [2.05, 4.69) is 15.6 Å². The van der Waals surface area contributed by atoms with E-state index in [1.165, 1.54) is 23.3 Å². The van der Waals surface area contributed by atoms with E-state index >= 15 is 0 Å². The number of aromatic nitrogens is 1. The topological polar surface area (TPSA) is 138 Å². The van der Waals surface area contributed by atoms with Gasteiger partial charge in [-0.15, -0.1) is 11.3 Å². The largest absolute Gasteiger partial charge is 0.469 e. The maximum absolute atomic E-state index is 14.4. The van der Waals surface area contributed by atoms with Crippen molar-refractivity contribution in [2.24, 2.45) is 5.41 Å². The van der Waals surface area contributed by atoms with Gasteiger partial charge in [-0.3, -0.25) is 19.2 Å². The molecule has 3 amide bonds. The van der Waals surface area contributed by atoms with Gasteiger partial charge >= 0.3 is 5.97 Å². The molecule has 2 heterocycles. The number of methoxy groups -OCH3 is 1. The quantitative estimate of drug-likeness (QED) is 0.383. The Morgan fingerprint density at radius 2 is 1.85 bits per heavy atom. The summed E-state index contributed by atoms with van der Waals surface area (Å²) in [5.74, 6) is -2.52. The van der Waals surface area contributed by atoms with E-state index in [4.69, 9.17) is 4.74 Å². The predicted molar refractivity (Wildman–Crippen MR) is 150 cm³/mol. The smallest absolute Gasteiger partial charge is 0.307 e. The van der Waals surface area contributed by atoms with Crippen LogP contribution in [0, 0.1) is 12.3 Å². The summed E-state index contributed by atoms with van der Waals surface area (Å²) in [4.78, 5) is 58.6. The van der Waals surface area contributed by atoms with E-state index in [1.807, 2.05) is 31.2 Å². The number of β-amino-alcohol motifs (C(OH)–C–C–N with tert-alkyl or cyclic N) is 1. The first-order chi connectivity index (χ1) is 19.2. The van der Waals surface area contributed by atoms with Gasteiger partial charge in [-0.2, -0.15) is 0 Å². The number of rotatable bonds is 9. The number of amides is 3. The van der Waals surface area contributed by atoms with Crippen molar-refractivity contribution in [1.29, 1.82) is 0 Å². The number of hydrogen-bond donors (Lipinski definition) is 3. The molecule has 2 aromatic rings. The molecule has 4 atom stereocenters. The summed E-state index contributed by atoms with van der Waals surface area (Å²) >= 11 is 1.51. The van der Waals surface area contributed by atoms with Gasteiger partial charge in [-0.1, -0.05) is 45.0 Å². The lowest BCUT2D eigenvalue weighted by Gasteiger charge is -2.36. The molecule has 1 aliphatic carbocycles. The van der Waals surface area contributed by atoms with Crippen LogP contribution < -0.4 is 10.6 Å². The van der Waals surface area contributed by atoms with Gasteiger partial charge in [-0.05, 0) is 36.3 Å². The summed E-state index contributed by atoms with van der Waals surface area (Å²) in [7, 11) is 1.26. The third kappa shape index (κ3) is 6.92. The van der Waals surface area contributed by atoms with Crippen molar-refractivity contribution in [3.8, 4) is 10.4 Å². The van der Waals surface area contributed by atoms with E-state index < -0.39 is 59.0 Å². The molecule has 0 bridgehead atoms. The maximum Gasteiger partial charge on any atom is 0.307 e. The number of esters is 1. The average molecular weight is 589 g/mol. The zero-order valence-electron chi connectivity index (χ0n) is 23.9. The Hall–Kier alpha value is -3.38. The number of ether oxygens (including phenoxy) is 1. The van der Waals surface area contributed by atoms with E-state index in [0.717, 1.165) is 16.1 Å². The molecule has 2 fully saturated rings. The Kier molecular flexibility index (Phi) is 8.84. The molecular formula is C29H37FN4O6S. The lowest BCUT2D eigenvalue weighted by atomic mass is 9.85. The van der Waals surface area contributed by atoms with Gasteiger partial charge in [0.05, 0.1) is 41.8 Å². The van der Waals surface area contributed by atoms with E-state index in [-0.39, 0.29) is 32.2 Å². The second-order valence-electron chi connectivity index (χ2n) is 11.9. The van der Waals surface area contributed by atoms with Crippen LogP contribution in [-0.2, 0) is 23.9 Å². The fourth-order valence-electron chi connectivity index (χ4n) is 4.93. The summed E-state index contributed by atoms with van der Waals surface area (Å²) < 4.78 is 19.3. The van der Waals surface area contributed by atoms with Crippen LogP contribution >= 0.6 is 11.3 Å². The number of aliphatic hydroxyl groups is 1. The molecular weight excluding hydrogens is 551 g/mol. The Bertz CT molecular complexity index is 1300. The van der Waals surface area contributed by atoms with Crippen LogP contribution in [0.2, 0.25) is 0 Å². The Morgan fingerprint density at radius 1 is 1.20 bits per heavy atom. The molecule has 0 unspecified atom stereocenters. The lowest BCUT2D eigenvalue weighted by Crippen LogP contribution is -2.59. The molecule has 10 nitrogen and oxygen atoms in total. The minimum atomic E-state index is -1.97. The molecule has 222 valence electrons. The molecule has 4 rings (SSSR count). The van der Waals surface area contributed by atoms with Gasteiger partial charge < -0.3 is 25.4 Å². The standard InChI is InChI=1S/C29H37FN4O6S/c1-16-23(41-15-31-16)18-8-6-17(7-9-18)20(13-22(36)40-5)32-25(37)21-12-19(35)14-34(21)26(38)24(28(2,3)4)33-27(39)29(30)10-11-29/h6-9,15,19-21,24,35H,10-14H2,1-5H3,(H,32,37)(H,33,39)/t19-,20+,21+,24-/m1/s1. The van der Waals surface area contributed by atoms with Crippen LogP contribution in [0.15, 0.2) is 29.8 Å². The van der Waals surface area contributed by atoms with Crippen molar-refractivity contribution in [1.82, 2.24) is 20.5 Å². The zero-order chi connectivity index (χ0) is 30.1. The van der Waals surface area contributed by atoms with Crippen molar-refractivity contribution in [3.05, 3.63) is 41.0 Å². The molecule has 1 saturated carbocycles. The van der Waals surface area contributed by atoms with Crippen LogP contribution in [0.25, 0.3) is 10.4 Å². The highest BCUT2D eigenvalue weighted by Crippen LogP contribution is 2.40. The summed E-state index contributed by atoms with van der Waals surface area (Å²) in [5, 5.41) is 15.9. The number of hydrogen-bond acceptors (Lipinski definition) is 8. The lowest BCUT2D eigenvalue weighted by molar-refractivity contribution is -0.145. The SMILES string of the molecule is COC(=O)C[C@H](NC(=O)[C@@H]1C[C@@H](O)CN1C(=O)[C@@H](NC(=O)C1(F)CC1)C(C)(C)C)c1ccc(-c2scnc2C)cc1. The zero-order valence-corrected chi connectivity index (χ0v) is 24.7. The van der Waals surface area contributed by atoms with Gasteiger partial charge in [0.15, 0.2) is 5.67 Å². The average Bonchev–Trinajstić information content (AvgIpc) is 3.33. The molecule has 1 aromatic heterocycles.